The van der Waals surface area contributed by atoms with E-state index in [1.54, 1.807) is 16.7 Å². The fraction of sp³-hybridized carbons (Fsp3) is 0.417. The van der Waals surface area contributed by atoms with Gasteiger partial charge in [0.15, 0.2) is 5.28 Å². The van der Waals surface area contributed by atoms with Crippen LogP contribution in [0.25, 0.3) is 0 Å². The molecule has 0 bridgehead atoms. The zero-order valence-corrected chi connectivity index (χ0v) is 26.9. The molecule has 3 aromatic rings. The number of benzene rings is 3. The van der Waals surface area contributed by atoms with Crippen LogP contribution in [0.15, 0.2) is 91.0 Å². The average molecular weight is 630 g/mol. The minimum Gasteiger partial charge on any atom is -0.459 e. The van der Waals surface area contributed by atoms with Crippen molar-refractivity contribution in [3.63, 3.8) is 0 Å². The number of ether oxygens (including phenoxy) is 1. The van der Waals surface area contributed by atoms with Crippen molar-refractivity contribution in [1.82, 2.24) is 9.80 Å². The first-order chi connectivity index (χ1) is 21.7. The van der Waals surface area contributed by atoms with Gasteiger partial charge in [-0.2, -0.15) is 0 Å². The van der Waals surface area contributed by atoms with Crippen LogP contribution in [0.2, 0.25) is 0 Å². The molecule has 0 spiro atoms. The molecule has 8 nitrogen and oxygen atoms in total. The fourth-order valence-corrected chi connectivity index (χ4v) is 10.7. The Labute approximate surface area is 266 Å². The van der Waals surface area contributed by atoms with Gasteiger partial charge in [0.25, 0.3) is 0 Å². The van der Waals surface area contributed by atoms with Crippen molar-refractivity contribution < 1.29 is 23.7 Å². The molecule has 3 atom stereocenters. The van der Waals surface area contributed by atoms with Gasteiger partial charge in [0.2, 0.25) is 11.8 Å². The van der Waals surface area contributed by atoms with Crippen LogP contribution in [-0.4, -0.2) is 70.4 Å². The monoisotopic (exact) mass is 629 g/mol. The summed E-state index contributed by atoms with van der Waals surface area (Å²) in [6.07, 6.45) is 3.41. The first kappa shape index (κ1) is 32.6. The Kier molecular flexibility index (Phi) is 10.6. The highest BCUT2D eigenvalue weighted by molar-refractivity contribution is 7.66. The van der Waals surface area contributed by atoms with Gasteiger partial charge >= 0.3 is 5.97 Å². The van der Waals surface area contributed by atoms with Crippen molar-refractivity contribution in [2.75, 3.05) is 25.4 Å². The molecule has 2 saturated heterocycles. The van der Waals surface area contributed by atoms with E-state index in [1.807, 2.05) is 91.0 Å². The number of esters is 1. The summed E-state index contributed by atoms with van der Waals surface area (Å²) in [5, 5.41) is -1.63. The molecule has 0 radical (unpaired) electrons. The number of aryl methyl sites for hydroxylation is 2. The lowest BCUT2D eigenvalue weighted by atomic mass is 10.1. The van der Waals surface area contributed by atoms with Crippen LogP contribution in [0.5, 0.6) is 0 Å². The van der Waals surface area contributed by atoms with Crippen molar-refractivity contribution in [3.8, 4) is 0 Å². The Morgan fingerprint density at radius 1 is 0.844 bits per heavy atom. The van der Waals surface area contributed by atoms with Crippen molar-refractivity contribution in [2.24, 2.45) is 5.73 Å². The molecule has 0 saturated carbocycles. The van der Waals surface area contributed by atoms with E-state index in [0.29, 0.717) is 38.6 Å². The van der Waals surface area contributed by atoms with Gasteiger partial charge in [-0.1, -0.05) is 91.0 Å². The Morgan fingerprint density at radius 2 is 1.38 bits per heavy atom. The highest BCUT2D eigenvalue weighted by Crippen LogP contribution is 2.64. The van der Waals surface area contributed by atoms with E-state index in [2.05, 4.69) is 0 Å². The van der Waals surface area contributed by atoms with Gasteiger partial charge in [0.1, 0.15) is 19.8 Å². The predicted molar refractivity (Wildman–Crippen MR) is 176 cm³/mol. The van der Waals surface area contributed by atoms with E-state index in [9.17, 15) is 14.4 Å². The molecule has 3 aromatic carbocycles. The summed E-state index contributed by atoms with van der Waals surface area (Å²) in [6.45, 7) is 2.33. The van der Waals surface area contributed by atoms with Crippen LogP contribution >= 0.6 is 7.14 Å². The third-order valence-corrected chi connectivity index (χ3v) is 13.1. The average Bonchev–Trinajstić information content (AvgIpc) is 3.75. The van der Waals surface area contributed by atoms with Crippen LogP contribution < -0.4 is 5.73 Å². The Hall–Kier alpha value is -3.74. The Balaban J connectivity index is 1.55. The highest BCUT2D eigenvalue weighted by atomic mass is 31.2. The van der Waals surface area contributed by atoms with E-state index in [1.165, 1.54) is 0 Å². The van der Waals surface area contributed by atoms with Crippen LogP contribution in [0.3, 0.4) is 0 Å². The predicted octanol–water partition coefficient (Wildman–Crippen LogP) is 5.24. The molecule has 5 rings (SSSR count). The van der Waals surface area contributed by atoms with E-state index in [0.717, 1.165) is 16.7 Å². The van der Waals surface area contributed by atoms with Gasteiger partial charge in [0.05, 0.1) is 6.04 Å². The van der Waals surface area contributed by atoms with Crippen molar-refractivity contribution in [3.05, 3.63) is 108 Å². The highest BCUT2D eigenvalue weighted by Gasteiger charge is 2.63. The molecular formula is C36H44N3O5P. The molecule has 9 heteroatoms. The summed E-state index contributed by atoms with van der Waals surface area (Å²) in [4.78, 5) is 45.2. The summed E-state index contributed by atoms with van der Waals surface area (Å²) in [7, 11) is -3.52. The van der Waals surface area contributed by atoms with Gasteiger partial charge in [0, 0.05) is 25.4 Å². The minimum atomic E-state index is -3.52. The summed E-state index contributed by atoms with van der Waals surface area (Å²) in [5.41, 5.74) is 8.80. The smallest absolute Gasteiger partial charge is 0.340 e. The second-order valence-electron chi connectivity index (χ2n) is 12.3. The lowest BCUT2D eigenvalue weighted by Gasteiger charge is -2.44. The number of nitrogens with two attached hydrogens (primary N) is 1. The standard InChI is InChI=1S/C36H44N3O5P/c1-28(37)33(40)38-23-11-19-32(38)34(41)39-24-12-22-36(39,35(42)44-27-31-17-9-4-10-18-31)45(43,25-20-29-13-5-2-6-14-29)26-21-30-15-7-3-8-16-30/h2-10,13-18,28,32H,11-12,19-27,37H2,1H3/t28-,32-,36+/m0/s1. The van der Waals surface area contributed by atoms with Gasteiger partial charge in [-0.05, 0) is 62.1 Å². The fourth-order valence-electron chi connectivity index (χ4n) is 6.86. The first-order valence-electron chi connectivity index (χ1n) is 16.0. The molecule has 2 aliphatic heterocycles. The number of carbonyl (C=O) groups is 3. The second kappa shape index (κ2) is 14.6. The number of hydrogen-bond donors (Lipinski definition) is 1. The maximum Gasteiger partial charge on any atom is 0.340 e. The lowest BCUT2D eigenvalue weighted by molar-refractivity contribution is -0.159. The number of likely N-dealkylation sites (tertiary alicyclic amines) is 2. The molecule has 2 N–H and O–H groups in total. The summed E-state index contributed by atoms with van der Waals surface area (Å²) in [5.74, 6) is -1.25. The van der Waals surface area contributed by atoms with Gasteiger partial charge in [-0.25, -0.2) is 4.79 Å². The molecule has 0 unspecified atom stereocenters. The molecule has 0 aromatic heterocycles. The number of nitrogens with zero attached hydrogens (tertiary/aromatic N) is 2. The van der Waals surface area contributed by atoms with Gasteiger partial charge < -0.3 is 24.8 Å². The maximum absolute atomic E-state index is 15.8. The first-order valence-corrected chi connectivity index (χ1v) is 18.1. The third-order valence-electron chi connectivity index (χ3n) is 9.25. The zero-order valence-electron chi connectivity index (χ0n) is 26.1. The van der Waals surface area contributed by atoms with Crippen molar-refractivity contribution in [1.29, 1.82) is 0 Å². The lowest BCUT2D eigenvalue weighted by Crippen LogP contribution is -2.59. The molecule has 45 heavy (non-hydrogen) atoms. The molecule has 0 aliphatic carbocycles. The van der Waals surface area contributed by atoms with Crippen LogP contribution in [0, 0.1) is 0 Å². The summed E-state index contributed by atoms with van der Waals surface area (Å²) >= 11 is 0. The Morgan fingerprint density at radius 3 is 1.91 bits per heavy atom. The SMILES string of the molecule is C[C@H](N)C(=O)N1CCC[C@H]1C(=O)N1CCC[C@]1(C(=O)OCc1ccccc1)P(=O)(CCc1ccccc1)CCc1ccccc1. The topological polar surface area (TPSA) is 110 Å². The zero-order chi connectivity index (χ0) is 31.9. The van der Waals surface area contributed by atoms with Crippen molar-refractivity contribution >= 4 is 24.9 Å². The number of carbonyl (C=O) groups excluding carboxylic acids is 3. The third kappa shape index (κ3) is 7.08. The number of hydrogen-bond acceptors (Lipinski definition) is 6. The molecule has 2 aliphatic rings. The normalized spacial score (nSPS) is 20.6. The van der Waals surface area contributed by atoms with E-state index in [-0.39, 0.29) is 43.7 Å². The van der Waals surface area contributed by atoms with Crippen LogP contribution in [-0.2, 0) is 43.1 Å². The molecule has 2 amide bonds. The largest absolute Gasteiger partial charge is 0.459 e. The number of amides is 2. The second-order valence-corrected chi connectivity index (χ2v) is 15.7. The van der Waals surface area contributed by atoms with E-state index in [4.69, 9.17) is 10.5 Å². The van der Waals surface area contributed by atoms with Crippen LogP contribution in [0.4, 0.5) is 0 Å². The minimum absolute atomic E-state index is 0.0134. The Bertz CT molecular complexity index is 1450. The summed E-state index contributed by atoms with van der Waals surface area (Å²) in [6, 6.07) is 27.5. The van der Waals surface area contributed by atoms with Crippen LogP contribution in [0.1, 0.15) is 49.3 Å². The molecule has 238 valence electrons. The number of rotatable bonds is 12. The summed E-state index contributed by atoms with van der Waals surface area (Å²) < 4.78 is 21.8. The van der Waals surface area contributed by atoms with Gasteiger partial charge in [-0.3, -0.25) is 9.59 Å². The van der Waals surface area contributed by atoms with Crippen molar-refractivity contribution in [2.45, 2.75) is 69.4 Å². The van der Waals surface area contributed by atoms with E-state index < -0.39 is 30.5 Å². The van der Waals surface area contributed by atoms with Gasteiger partial charge in [-0.15, -0.1) is 0 Å². The van der Waals surface area contributed by atoms with E-state index >= 15 is 4.57 Å². The maximum atomic E-state index is 15.8. The molecule has 2 fully saturated rings. The molecular weight excluding hydrogens is 585 g/mol. The molecule has 2 heterocycles. The quantitative estimate of drug-likeness (QED) is 0.217.